The summed E-state index contributed by atoms with van der Waals surface area (Å²) in [5.74, 6) is -0.702. The summed E-state index contributed by atoms with van der Waals surface area (Å²) in [4.78, 5) is 31.2. The van der Waals surface area contributed by atoms with Crippen molar-refractivity contribution in [2.75, 3.05) is 39.4 Å². The molecule has 1 aromatic heterocycles. The second-order valence-electron chi connectivity index (χ2n) is 11.6. The molecule has 5 rings (SSSR count). The molecule has 2 saturated heterocycles. The van der Waals surface area contributed by atoms with Gasteiger partial charge in [0.1, 0.15) is 23.7 Å². The molecule has 214 valence electrons. The first-order valence-corrected chi connectivity index (χ1v) is 14.4. The van der Waals surface area contributed by atoms with Crippen molar-refractivity contribution in [3.63, 3.8) is 0 Å². The maximum Gasteiger partial charge on any atom is 0.326 e. The van der Waals surface area contributed by atoms with Gasteiger partial charge in [0.15, 0.2) is 0 Å². The van der Waals surface area contributed by atoms with Gasteiger partial charge in [-0.2, -0.15) is 0 Å². The summed E-state index contributed by atoms with van der Waals surface area (Å²) in [5.41, 5.74) is 2.21. The van der Waals surface area contributed by atoms with Gasteiger partial charge in [-0.1, -0.05) is 35.9 Å². The number of carbonyl (C=O) groups excluding carboxylic acids is 2. The van der Waals surface area contributed by atoms with E-state index in [4.69, 9.17) is 21.1 Å². The van der Waals surface area contributed by atoms with Gasteiger partial charge < -0.3 is 18.9 Å². The van der Waals surface area contributed by atoms with Gasteiger partial charge in [0.2, 0.25) is 0 Å². The van der Waals surface area contributed by atoms with Crippen molar-refractivity contribution in [3.05, 3.63) is 70.1 Å². The molecule has 2 aliphatic rings. The smallest absolute Gasteiger partial charge is 0.326 e. The number of halogens is 2. The number of likely N-dealkylation sites (tertiary alicyclic amines) is 1. The predicted octanol–water partition coefficient (Wildman–Crippen LogP) is 5.63. The minimum Gasteiger partial charge on any atom is -0.459 e. The summed E-state index contributed by atoms with van der Waals surface area (Å²) in [7, 11) is 0. The molecular formula is C31H37ClFN3O4. The van der Waals surface area contributed by atoms with Crippen molar-refractivity contribution in [1.82, 2.24) is 14.4 Å². The van der Waals surface area contributed by atoms with Crippen LogP contribution in [0.25, 0.3) is 10.9 Å². The number of hydrogen-bond donors (Lipinski definition) is 0. The van der Waals surface area contributed by atoms with Crippen molar-refractivity contribution in [1.29, 1.82) is 0 Å². The Balaban J connectivity index is 1.47. The Morgan fingerprint density at radius 3 is 2.40 bits per heavy atom. The first-order chi connectivity index (χ1) is 19.1. The van der Waals surface area contributed by atoms with Crippen LogP contribution < -0.4 is 0 Å². The SMILES string of the molecule is CC(C)(C)OC(=O)Cn1c(C(=O)N2CCOCC2)c(CN2CCC(c3c(F)cccc3Cl)CC2)c2ccccc21. The summed E-state index contributed by atoms with van der Waals surface area (Å²) in [6.45, 7) is 9.45. The van der Waals surface area contributed by atoms with Crippen LogP contribution >= 0.6 is 11.6 Å². The van der Waals surface area contributed by atoms with Gasteiger partial charge in [0.05, 0.1) is 13.2 Å². The van der Waals surface area contributed by atoms with Gasteiger partial charge in [0.25, 0.3) is 5.91 Å². The highest BCUT2D eigenvalue weighted by Gasteiger charge is 2.32. The molecule has 2 fully saturated rings. The minimum atomic E-state index is -0.636. The third kappa shape index (κ3) is 6.19. The highest BCUT2D eigenvalue weighted by molar-refractivity contribution is 6.31. The van der Waals surface area contributed by atoms with Crippen LogP contribution in [0.2, 0.25) is 5.02 Å². The number of amides is 1. The van der Waals surface area contributed by atoms with Gasteiger partial charge in [-0.25, -0.2) is 4.39 Å². The van der Waals surface area contributed by atoms with E-state index >= 15 is 0 Å². The zero-order valence-electron chi connectivity index (χ0n) is 23.4. The van der Waals surface area contributed by atoms with Crippen molar-refractivity contribution in [2.45, 2.75) is 58.2 Å². The lowest BCUT2D eigenvalue weighted by Gasteiger charge is -2.33. The molecule has 3 heterocycles. The van der Waals surface area contributed by atoms with Gasteiger partial charge in [-0.05, 0) is 70.8 Å². The Hall–Kier alpha value is -2.94. The van der Waals surface area contributed by atoms with Crippen LogP contribution in [0.1, 0.15) is 61.1 Å². The van der Waals surface area contributed by atoms with Crippen LogP contribution in [-0.2, 0) is 27.4 Å². The van der Waals surface area contributed by atoms with E-state index in [2.05, 4.69) is 4.90 Å². The lowest BCUT2D eigenvalue weighted by Crippen LogP contribution is -2.42. The highest BCUT2D eigenvalue weighted by atomic mass is 35.5. The van der Waals surface area contributed by atoms with Crippen LogP contribution in [0.5, 0.6) is 0 Å². The first-order valence-electron chi connectivity index (χ1n) is 14.0. The fourth-order valence-electron chi connectivity index (χ4n) is 5.87. The van der Waals surface area contributed by atoms with Crippen LogP contribution in [0.15, 0.2) is 42.5 Å². The molecule has 0 spiro atoms. The molecule has 0 bridgehead atoms. The van der Waals surface area contributed by atoms with Gasteiger partial charge in [-0.3, -0.25) is 14.5 Å². The molecule has 1 amide bonds. The van der Waals surface area contributed by atoms with Crippen LogP contribution in [0.4, 0.5) is 4.39 Å². The average Bonchev–Trinajstić information content (AvgIpc) is 3.21. The minimum absolute atomic E-state index is 0.0490. The first kappa shape index (κ1) is 28.6. The summed E-state index contributed by atoms with van der Waals surface area (Å²) < 4.78 is 27.6. The molecule has 7 nitrogen and oxygen atoms in total. The number of esters is 1. The number of piperidine rings is 1. The Bertz CT molecular complexity index is 1360. The molecule has 0 radical (unpaired) electrons. The van der Waals surface area contributed by atoms with E-state index in [-0.39, 0.29) is 24.2 Å². The normalized spacial score (nSPS) is 17.4. The average molecular weight is 570 g/mol. The number of hydrogen-bond acceptors (Lipinski definition) is 5. The molecule has 0 aliphatic carbocycles. The Morgan fingerprint density at radius 1 is 1.02 bits per heavy atom. The molecular weight excluding hydrogens is 533 g/mol. The number of para-hydroxylation sites is 1. The Labute approximate surface area is 239 Å². The largest absolute Gasteiger partial charge is 0.459 e. The third-order valence-corrected chi connectivity index (χ3v) is 7.99. The summed E-state index contributed by atoms with van der Waals surface area (Å²) >= 11 is 6.36. The monoisotopic (exact) mass is 569 g/mol. The number of ether oxygens (including phenoxy) is 2. The number of benzene rings is 2. The molecule has 9 heteroatoms. The summed E-state index contributed by atoms with van der Waals surface area (Å²) in [6, 6.07) is 12.7. The van der Waals surface area contributed by atoms with E-state index in [0.29, 0.717) is 49.1 Å². The van der Waals surface area contributed by atoms with E-state index < -0.39 is 11.6 Å². The van der Waals surface area contributed by atoms with E-state index in [0.717, 1.165) is 42.4 Å². The van der Waals surface area contributed by atoms with E-state index in [1.54, 1.807) is 17.0 Å². The predicted molar refractivity (Wildman–Crippen MR) is 153 cm³/mol. The number of aromatic nitrogens is 1. The Kier molecular flexibility index (Phi) is 8.50. The zero-order chi connectivity index (χ0) is 28.4. The number of rotatable bonds is 6. The fraction of sp³-hybridized carbons (Fsp3) is 0.484. The number of carbonyl (C=O) groups is 2. The van der Waals surface area contributed by atoms with E-state index in [1.165, 1.54) is 6.07 Å². The van der Waals surface area contributed by atoms with E-state index in [1.807, 2.05) is 49.6 Å². The second-order valence-corrected chi connectivity index (χ2v) is 12.0. The lowest BCUT2D eigenvalue weighted by atomic mass is 9.88. The molecule has 0 atom stereocenters. The number of fused-ring (bicyclic) bond motifs is 1. The topological polar surface area (TPSA) is 64.0 Å². The molecule has 0 N–H and O–H groups in total. The molecule has 0 saturated carbocycles. The van der Waals surface area contributed by atoms with Crippen molar-refractivity contribution in [3.8, 4) is 0 Å². The molecule has 3 aromatic rings. The maximum absolute atomic E-state index is 14.6. The summed E-state index contributed by atoms with van der Waals surface area (Å²) in [5, 5.41) is 1.42. The van der Waals surface area contributed by atoms with Crippen LogP contribution in [0.3, 0.4) is 0 Å². The quantitative estimate of drug-likeness (QED) is 0.360. The number of morpholine rings is 1. The van der Waals surface area contributed by atoms with E-state index in [9.17, 15) is 14.0 Å². The lowest BCUT2D eigenvalue weighted by molar-refractivity contribution is -0.155. The third-order valence-electron chi connectivity index (χ3n) is 7.66. The molecule has 2 aromatic carbocycles. The maximum atomic E-state index is 14.6. The Morgan fingerprint density at radius 2 is 1.73 bits per heavy atom. The standard InChI is InChI=1S/C31H37ClFN3O4/c1-31(2,3)40-27(37)20-36-26-10-5-4-7-22(26)23(29(36)30(38)35-15-17-39-18-16-35)19-34-13-11-21(12-14-34)28-24(32)8-6-9-25(28)33/h4-10,21H,11-20H2,1-3H3. The van der Waals surface area contributed by atoms with Gasteiger partial charge in [-0.15, -0.1) is 0 Å². The second kappa shape index (κ2) is 11.9. The summed E-state index contributed by atoms with van der Waals surface area (Å²) in [6.07, 6.45) is 1.54. The van der Waals surface area contributed by atoms with Crippen molar-refractivity contribution >= 4 is 34.4 Å². The molecule has 40 heavy (non-hydrogen) atoms. The van der Waals surface area contributed by atoms with Crippen LogP contribution in [0, 0.1) is 5.82 Å². The van der Waals surface area contributed by atoms with Gasteiger partial charge in [0, 0.05) is 46.7 Å². The molecule has 2 aliphatic heterocycles. The number of nitrogens with zero attached hydrogens (tertiary/aromatic N) is 3. The zero-order valence-corrected chi connectivity index (χ0v) is 24.2. The van der Waals surface area contributed by atoms with Crippen molar-refractivity contribution in [2.24, 2.45) is 0 Å². The van der Waals surface area contributed by atoms with Gasteiger partial charge >= 0.3 is 5.97 Å². The van der Waals surface area contributed by atoms with Crippen LogP contribution in [-0.4, -0.2) is 71.2 Å². The van der Waals surface area contributed by atoms with Crippen molar-refractivity contribution < 1.29 is 23.5 Å². The fourth-order valence-corrected chi connectivity index (χ4v) is 6.18. The molecule has 0 unspecified atom stereocenters. The highest BCUT2D eigenvalue weighted by Crippen LogP contribution is 2.36.